The number of rotatable bonds is 3. The Morgan fingerprint density at radius 3 is 2.24 bits per heavy atom. The fourth-order valence-electron chi connectivity index (χ4n) is 1.88. The first-order valence-electron chi connectivity index (χ1n) is 5.18. The lowest BCUT2D eigenvalue weighted by Gasteiger charge is -2.08. The summed E-state index contributed by atoms with van der Waals surface area (Å²) < 4.78 is 0. The van der Waals surface area contributed by atoms with Gasteiger partial charge in [0.25, 0.3) is 0 Å². The second kappa shape index (κ2) is 3.93. The highest BCUT2D eigenvalue weighted by atomic mass is 16.6. The fraction of sp³-hybridized carbons (Fsp3) is 0.300. The van der Waals surface area contributed by atoms with Gasteiger partial charge in [0.2, 0.25) is 0 Å². The summed E-state index contributed by atoms with van der Waals surface area (Å²) in [4.78, 5) is 0.977. The summed E-state index contributed by atoms with van der Waals surface area (Å²) in [6.07, 6.45) is 0. The van der Waals surface area contributed by atoms with Crippen molar-refractivity contribution >= 4 is 28.1 Å². The van der Waals surface area contributed by atoms with Crippen LogP contribution in [-0.4, -0.2) is 31.2 Å². The van der Waals surface area contributed by atoms with Gasteiger partial charge in [-0.25, -0.2) is 0 Å². The molecule has 0 fully saturated rings. The number of anilines is 3. The molecule has 0 aliphatic rings. The van der Waals surface area contributed by atoms with Gasteiger partial charge in [-0.2, -0.15) is 0 Å². The van der Waals surface area contributed by atoms with Gasteiger partial charge in [0.05, 0.1) is 23.8 Å². The van der Waals surface area contributed by atoms with E-state index in [9.17, 15) is 10.4 Å². The molecule has 92 valence electrons. The SMILES string of the molecule is CNc1cc2c(NC)[n+]([O-])n(O)c2cc1NC. The van der Waals surface area contributed by atoms with Crippen LogP contribution in [0.1, 0.15) is 0 Å². The minimum atomic E-state index is 0.307. The Hall–Kier alpha value is -2.31. The Balaban J connectivity index is 2.82. The van der Waals surface area contributed by atoms with Gasteiger partial charge in [-0.15, -0.1) is 4.85 Å². The van der Waals surface area contributed by atoms with E-state index in [2.05, 4.69) is 16.0 Å². The first kappa shape index (κ1) is 11.2. The first-order valence-corrected chi connectivity index (χ1v) is 5.18. The molecule has 2 rings (SSSR count). The van der Waals surface area contributed by atoms with Gasteiger partial charge in [0.1, 0.15) is 5.52 Å². The molecule has 0 spiro atoms. The molecule has 2 aromatic rings. The molecule has 1 aromatic heterocycles. The summed E-state index contributed by atoms with van der Waals surface area (Å²) >= 11 is 0. The molecule has 7 nitrogen and oxygen atoms in total. The molecule has 1 aromatic carbocycles. The van der Waals surface area contributed by atoms with Gasteiger partial charge in [-0.05, 0) is 17.0 Å². The third kappa shape index (κ3) is 1.47. The fourth-order valence-corrected chi connectivity index (χ4v) is 1.88. The van der Waals surface area contributed by atoms with Crippen LogP contribution in [0.3, 0.4) is 0 Å². The Labute approximate surface area is 98.2 Å². The average Bonchev–Trinajstić information content (AvgIpc) is 2.59. The van der Waals surface area contributed by atoms with Gasteiger partial charge in [0.15, 0.2) is 0 Å². The lowest BCUT2D eigenvalue weighted by molar-refractivity contribution is -0.709. The number of hydrogen-bond donors (Lipinski definition) is 4. The van der Waals surface area contributed by atoms with Crippen LogP contribution in [0, 0.1) is 5.21 Å². The predicted octanol–water partition coefficient (Wildman–Crippen LogP) is 0.637. The second-order valence-corrected chi connectivity index (χ2v) is 3.58. The molecular formula is C10H15N5O2. The molecule has 0 amide bonds. The van der Waals surface area contributed by atoms with E-state index in [0.717, 1.165) is 11.4 Å². The first-order chi connectivity index (χ1) is 8.13. The third-order valence-corrected chi connectivity index (χ3v) is 2.75. The summed E-state index contributed by atoms with van der Waals surface area (Å²) in [5.41, 5.74) is 2.09. The van der Waals surface area contributed by atoms with Crippen molar-refractivity contribution < 1.29 is 10.1 Å². The molecule has 0 saturated heterocycles. The molecule has 1 heterocycles. The van der Waals surface area contributed by atoms with Crippen LogP contribution >= 0.6 is 0 Å². The Morgan fingerprint density at radius 1 is 1.12 bits per heavy atom. The maximum Gasteiger partial charge on any atom is 0.309 e. The van der Waals surface area contributed by atoms with E-state index in [1.165, 1.54) is 0 Å². The molecule has 4 N–H and O–H groups in total. The minimum Gasteiger partial charge on any atom is -0.690 e. The van der Waals surface area contributed by atoms with E-state index in [0.29, 0.717) is 26.4 Å². The minimum absolute atomic E-state index is 0.307. The van der Waals surface area contributed by atoms with Crippen molar-refractivity contribution in [1.82, 2.24) is 4.85 Å². The van der Waals surface area contributed by atoms with Crippen molar-refractivity contribution in [2.45, 2.75) is 0 Å². The van der Waals surface area contributed by atoms with Crippen LogP contribution in [-0.2, 0) is 0 Å². The van der Waals surface area contributed by atoms with Gasteiger partial charge in [-0.3, -0.25) is 5.32 Å². The quantitative estimate of drug-likeness (QED) is 0.357. The molecule has 0 radical (unpaired) electrons. The van der Waals surface area contributed by atoms with Gasteiger partial charge in [0, 0.05) is 14.1 Å². The normalized spacial score (nSPS) is 10.5. The zero-order valence-corrected chi connectivity index (χ0v) is 9.90. The maximum atomic E-state index is 11.6. The van der Waals surface area contributed by atoms with Crippen LogP contribution in [0.4, 0.5) is 17.2 Å². The number of fused-ring (bicyclic) bond motifs is 1. The number of nitrogens with one attached hydrogen (secondary N) is 3. The number of aromatic nitrogens is 2. The predicted molar refractivity (Wildman–Crippen MR) is 66.7 cm³/mol. The topological polar surface area (TPSA) is 88.2 Å². The molecule has 0 saturated carbocycles. The van der Waals surface area contributed by atoms with E-state index < -0.39 is 0 Å². The summed E-state index contributed by atoms with van der Waals surface area (Å²) in [7, 11) is 5.20. The highest BCUT2D eigenvalue weighted by Gasteiger charge is 2.19. The molecule has 17 heavy (non-hydrogen) atoms. The largest absolute Gasteiger partial charge is 0.690 e. The van der Waals surface area contributed by atoms with Crippen molar-refractivity contribution in [3.63, 3.8) is 0 Å². The number of hydrogen-bond acceptors (Lipinski definition) is 5. The molecule has 7 heteroatoms. The van der Waals surface area contributed by atoms with Crippen LogP contribution in [0.15, 0.2) is 12.1 Å². The van der Waals surface area contributed by atoms with Crippen molar-refractivity contribution in [3.8, 4) is 0 Å². The average molecular weight is 237 g/mol. The summed E-state index contributed by atoms with van der Waals surface area (Å²) in [6, 6.07) is 3.50. The van der Waals surface area contributed by atoms with Crippen molar-refractivity contribution in [3.05, 3.63) is 17.3 Å². The highest BCUT2D eigenvalue weighted by molar-refractivity contribution is 5.95. The van der Waals surface area contributed by atoms with Gasteiger partial charge < -0.3 is 21.0 Å². The van der Waals surface area contributed by atoms with Gasteiger partial charge >= 0.3 is 5.82 Å². The van der Waals surface area contributed by atoms with E-state index in [4.69, 9.17) is 0 Å². The standard InChI is InChI=1S/C10H15N5O2/c1-11-7-4-6-9(5-8(7)12-2)14(16)15(17)10(6)13-3/h4-5,11-13,16H,1-3H3. The lowest BCUT2D eigenvalue weighted by atomic mass is 10.2. The molecule has 0 aliphatic heterocycles. The van der Waals surface area contributed by atoms with Crippen LogP contribution in [0.25, 0.3) is 10.9 Å². The van der Waals surface area contributed by atoms with Crippen molar-refractivity contribution in [2.24, 2.45) is 0 Å². The molecule has 0 bridgehead atoms. The number of nitrogens with zero attached hydrogens (tertiary/aromatic N) is 2. The zero-order chi connectivity index (χ0) is 12.6. The highest BCUT2D eigenvalue weighted by Crippen LogP contribution is 2.30. The van der Waals surface area contributed by atoms with Gasteiger partial charge in [-0.1, -0.05) is 0 Å². The van der Waals surface area contributed by atoms with E-state index >= 15 is 0 Å². The molecule has 0 unspecified atom stereocenters. The summed E-state index contributed by atoms with van der Waals surface area (Å²) in [5, 5.41) is 30.8. The van der Waals surface area contributed by atoms with Crippen LogP contribution < -0.4 is 20.8 Å². The van der Waals surface area contributed by atoms with E-state index in [1.807, 2.05) is 0 Å². The lowest BCUT2D eigenvalue weighted by Crippen LogP contribution is -2.37. The molecule has 0 atom stereocenters. The molecular weight excluding hydrogens is 222 g/mol. The van der Waals surface area contributed by atoms with Crippen LogP contribution in [0.2, 0.25) is 0 Å². The zero-order valence-electron chi connectivity index (χ0n) is 9.90. The summed E-state index contributed by atoms with van der Waals surface area (Å²) in [5.74, 6) is 0.307. The Kier molecular flexibility index (Phi) is 2.58. The Morgan fingerprint density at radius 2 is 1.71 bits per heavy atom. The summed E-state index contributed by atoms with van der Waals surface area (Å²) in [6.45, 7) is 0. The molecule has 0 aliphatic carbocycles. The van der Waals surface area contributed by atoms with Crippen molar-refractivity contribution in [2.75, 3.05) is 37.1 Å². The maximum absolute atomic E-state index is 11.6. The number of benzene rings is 1. The monoisotopic (exact) mass is 237 g/mol. The van der Waals surface area contributed by atoms with E-state index in [-0.39, 0.29) is 0 Å². The smallest absolute Gasteiger partial charge is 0.309 e. The third-order valence-electron chi connectivity index (χ3n) is 2.75. The second-order valence-electron chi connectivity index (χ2n) is 3.58. The van der Waals surface area contributed by atoms with E-state index in [1.54, 1.807) is 33.3 Å². The Bertz CT molecular complexity index is 564. The van der Waals surface area contributed by atoms with Crippen LogP contribution in [0.5, 0.6) is 0 Å². The van der Waals surface area contributed by atoms with Crippen molar-refractivity contribution in [1.29, 1.82) is 0 Å².